The van der Waals surface area contributed by atoms with Gasteiger partial charge in [0.05, 0.1) is 11.4 Å². The summed E-state index contributed by atoms with van der Waals surface area (Å²) in [6.07, 6.45) is -4.48. The summed E-state index contributed by atoms with van der Waals surface area (Å²) < 4.78 is 37.1. The zero-order valence-corrected chi connectivity index (χ0v) is 13.6. The first-order valence-corrected chi connectivity index (χ1v) is 7.65. The van der Waals surface area contributed by atoms with Gasteiger partial charge in [-0.05, 0) is 36.2 Å². The van der Waals surface area contributed by atoms with Crippen molar-refractivity contribution in [2.75, 3.05) is 10.6 Å². The molecule has 0 aromatic heterocycles. The summed E-state index contributed by atoms with van der Waals surface area (Å²) in [7, 11) is 0. The number of amides is 2. The summed E-state index contributed by atoms with van der Waals surface area (Å²) in [4.78, 5) is 23.1. The molecule has 0 heterocycles. The van der Waals surface area contributed by atoms with Gasteiger partial charge in [-0.1, -0.05) is 35.9 Å². The fraction of sp³-hybridized carbons (Fsp3) is 0.176. The molecule has 25 heavy (non-hydrogen) atoms. The molecular formula is C17H14ClF3N2O2. The number of benzene rings is 2. The van der Waals surface area contributed by atoms with Crippen molar-refractivity contribution in [2.45, 2.75) is 19.0 Å². The smallest absolute Gasteiger partial charge is 0.324 e. The van der Waals surface area contributed by atoms with Gasteiger partial charge in [0.15, 0.2) is 0 Å². The molecule has 0 aliphatic rings. The summed E-state index contributed by atoms with van der Waals surface area (Å²) in [5, 5.41) is 4.79. The highest BCUT2D eigenvalue weighted by Crippen LogP contribution is 2.24. The van der Waals surface area contributed by atoms with E-state index in [1.807, 2.05) is 6.07 Å². The van der Waals surface area contributed by atoms with E-state index in [-0.39, 0.29) is 17.8 Å². The van der Waals surface area contributed by atoms with Crippen LogP contribution in [0.4, 0.5) is 24.5 Å². The summed E-state index contributed by atoms with van der Waals surface area (Å²) in [5.74, 6) is -2.50. The fourth-order valence-electron chi connectivity index (χ4n) is 2.06. The van der Waals surface area contributed by atoms with E-state index in [1.165, 1.54) is 24.3 Å². The standard InChI is InChI=1S/C17H14ClF3N2O2/c18-12-5-3-4-11(10-12)8-9-15(24)22-13-6-1-2-7-14(13)23-16(25)17(19,20)21/h1-7,10H,8-9H2,(H,22,24)(H,23,25). The summed E-state index contributed by atoms with van der Waals surface area (Å²) >= 11 is 5.86. The molecule has 0 radical (unpaired) electrons. The summed E-state index contributed by atoms with van der Waals surface area (Å²) in [6, 6.07) is 12.7. The van der Waals surface area contributed by atoms with E-state index >= 15 is 0 Å². The predicted octanol–water partition coefficient (Wildman–Crippen LogP) is 4.41. The van der Waals surface area contributed by atoms with Crippen LogP contribution in [-0.4, -0.2) is 18.0 Å². The van der Waals surface area contributed by atoms with Crippen LogP contribution in [0, 0.1) is 0 Å². The minimum Gasteiger partial charge on any atom is -0.324 e. The Hall–Kier alpha value is -2.54. The average Bonchev–Trinajstić information content (AvgIpc) is 2.54. The molecule has 4 nitrogen and oxygen atoms in total. The number of halogens is 4. The fourth-order valence-corrected chi connectivity index (χ4v) is 2.27. The largest absolute Gasteiger partial charge is 0.471 e. The number of nitrogens with one attached hydrogen (secondary N) is 2. The van der Waals surface area contributed by atoms with Crippen LogP contribution >= 0.6 is 11.6 Å². The highest BCUT2D eigenvalue weighted by Gasteiger charge is 2.39. The van der Waals surface area contributed by atoms with Crippen LogP contribution in [0.15, 0.2) is 48.5 Å². The summed E-state index contributed by atoms with van der Waals surface area (Å²) in [6.45, 7) is 0. The Kier molecular flexibility index (Phi) is 6.03. The summed E-state index contributed by atoms with van der Waals surface area (Å²) in [5.41, 5.74) is 0.832. The van der Waals surface area contributed by atoms with Crippen molar-refractivity contribution in [3.63, 3.8) is 0 Å². The van der Waals surface area contributed by atoms with Gasteiger partial charge in [0.1, 0.15) is 0 Å². The van der Waals surface area contributed by atoms with Gasteiger partial charge in [-0.25, -0.2) is 0 Å². The van der Waals surface area contributed by atoms with Crippen molar-refractivity contribution < 1.29 is 22.8 Å². The molecule has 0 aliphatic heterocycles. The number of hydrogen-bond donors (Lipinski definition) is 2. The van der Waals surface area contributed by atoms with Crippen LogP contribution < -0.4 is 10.6 Å². The van der Waals surface area contributed by atoms with Crippen molar-refractivity contribution >= 4 is 34.8 Å². The van der Waals surface area contributed by atoms with Crippen LogP contribution in [0.5, 0.6) is 0 Å². The second-order valence-electron chi connectivity index (χ2n) is 5.18. The number of carbonyl (C=O) groups is 2. The lowest BCUT2D eigenvalue weighted by Gasteiger charge is -2.13. The van der Waals surface area contributed by atoms with Gasteiger partial charge < -0.3 is 10.6 Å². The Morgan fingerprint density at radius 3 is 2.20 bits per heavy atom. The van der Waals surface area contributed by atoms with Crippen molar-refractivity contribution in [3.05, 3.63) is 59.1 Å². The van der Waals surface area contributed by atoms with E-state index in [9.17, 15) is 22.8 Å². The van der Waals surface area contributed by atoms with Crippen LogP contribution in [-0.2, 0) is 16.0 Å². The first-order chi connectivity index (χ1) is 11.8. The van der Waals surface area contributed by atoms with Crippen molar-refractivity contribution in [3.8, 4) is 0 Å². The molecule has 2 aromatic rings. The monoisotopic (exact) mass is 370 g/mol. The van der Waals surface area contributed by atoms with Crippen LogP contribution in [0.1, 0.15) is 12.0 Å². The molecule has 0 fully saturated rings. The minimum atomic E-state index is -5.01. The van der Waals surface area contributed by atoms with E-state index < -0.39 is 18.0 Å². The molecule has 0 saturated heterocycles. The number of alkyl halides is 3. The maximum atomic E-state index is 12.4. The molecule has 0 aliphatic carbocycles. The van der Waals surface area contributed by atoms with Crippen molar-refractivity contribution in [1.82, 2.24) is 0 Å². The maximum Gasteiger partial charge on any atom is 0.471 e. The molecule has 0 unspecified atom stereocenters. The molecule has 0 atom stereocenters. The molecule has 2 amide bonds. The molecule has 132 valence electrons. The molecular weight excluding hydrogens is 357 g/mol. The van der Waals surface area contributed by atoms with Crippen LogP contribution in [0.25, 0.3) is 0 Å². The Morgan fingerprint density at radius 2 is 1.60 bits per heavy atom. The van der Waals surface area contributed by atoms with Gasteiger partial charge in [-0.2, -0.15) is 13.2 Å². The Balaban J connectivity index is 2.00. The Labute approximate surface area is 147 Å². The number of hydrogen-bond acceptors (Lipinski definition) is 2. The third kappa shape index (κ3) is 5.79. The molecule has 8 heteroatoms. The normalized spacial score (nSPS) is 11.0. The number of aryl methyl sites for hydroxylation is 1. The lowest BCUT2D eigenvalue weighted by atomic mass is 10.1. The predicted molar refractivity (Wildman–Crippen MR) is 89.5 cm³/mol. The van der Waals surface area contributed by atoms with Gasteiger partial charge in [0.25, 0.3) is 0 Å². The highest BCUT2D eigenvalue weighted by atomic mass is 35.5. The van der Waals surface area contributed by atoms with E-state index in [2.05, 4.69) is 5.32 Å². The van der Waals surface area contributed by atoms with E-state index in [4.69, 9.17) is 11.6 Å². The topological polar surface area (TPSA) is 58.2 Å². The Bertz CT molecular complexity index is 778. The minimum absolute atomic E-state index is 0.0937. The molecule has 0 bridgehead atoms. The van der Waals surface area contributed by atoms with Gasteiger partial charge in [-0.15, -0.1) is 0 Å². The number of para-hydroxylation sites is 2. The van der Waals surface area contributed by atoms with Crippen molar-refractivity contribution in [1.29, 1.82) is 0 Å². The zero-order valence-electron chi connectivity index (χ0n) is 12.9. The van der Waals surface area contributed by atoms with E-state index in [0.29, 0.717) is 11.4 Å². The van der Waals surface area contributed by atoms with Crippen LogP contribution in [0.2, 0.25) is 5.02 Å². The quantitative estimate of drug-likeness (QED) is 0.819. The number of anilines is 2. The van der Waals surface area contributed by atoms with Crippen LogP contribution in [0.3, 0.4) is 0 Å². The lowest BCUT2D eigenvalue weighted by molar-refractivity contribution is -0.167. The van der Waals surface area contributed by atoms with Crippen molar-refractivity contribution in [2.24, 2.45) is 0 Å². The van der Waals surface area contributed by atoms with Gasteiger partial charge in [0.2, 0.25) is 5.91 Å². The van der Waals surface area contributed by atoms with E-state index in [1.54, 1.807) is 23.5 Å². The SMILES string of the molecule is O=C(CCc1cccc(Cl)c1)Nc1ccccc1NC(=O)C(F)(F)F. The second-order valence-corrected chi connectivity index (χ2v) is 5.61. The zero-order chi connectivity index (χ0) is 18.4. The molecule has 0 spiro atoms. The highest BCUT2D eigenvalue weighted by molar-refractivity contribution is 6.30. The third-order valence-corrected chi connectivity index (χ3v) is 3.47. The molecule has 0 saturated carbocycles. The second kappa shape index (κ2) is 8.02. The first kappa shape index (κ1) is 18.8. The third-order valence-electron chi connectivity index (χ3n) is 3.24. The first-order valence-electron chi connectivity index (χ1n) is 7.27. The number of carbonyl (C=O) groups excluding carboxylic acids is 2. The molecule has 2 rings (SSSR count). The van der Waals surface area contributed by atoms with Gasteiger partial charge >= 0.3 is 12.1 Å². The number of rotatable bonds is 5. The van der Waals surface area contributed by atoms with Gasteiger partial charge in [-0.3, -0.25) is 9.59 Å². The average molecular weight is 371 g/mol. The lowest BCUT2D eigenvalue weighted by Crippen LogP contribution is -2.30. The van der Waals surface area contributed by atoms with Gasteiger partial charge in [0, 0.05) is 11.4 Å². The maximum absolute atomic E-state index is 12.4. The van der Waals surface area contributed by atoms with E-state index in [0.717, 1.165) is 5.56 Å². The molecule has 2 N–H and O–H groups in total. The Morgan fingerprint density at radius 1 is 0.960 bits per heavy atom. The molecule has 2 aromatic carbocycles.